The molecule has 0 aliphatic carbocycles. The summed E-state index contributed by atoms with van der Waals surface area (Å²) in [5.74, 6) is -0.108. The Kier molecular flexibility index (Phi) is 3.52. The first-order valence-corrected chi connectivity index (χ1v) is 5.37. The molecular formula is C12H14N4O. The number of carbonyl (C=O) groups is 1. The molecule has 2 rings (SSSR count). The van der Waals surface area contributed by atoms with Gasteiger partial charge in [0.2, 0.25) is 0 Å². The quantitative estimate of drug-likeness (QED) is 0.679. The van der Waals surface area contributed by atoms with Gasteiger partial charge in [-0.3, -0.25) is 4.79 Å². The molecule has 0 aliphatic heterocycles. The molecule has 2 aromatic rings. The number of fused-ring (bicyclic) bond motifs is 1. The summed E-state index contributed by atoms with van der Waals surface area (Å²) in [5, 5.41) is 2.78. The summed E-state index contributed by atoms with van der Waals surface area (Å²) in [6.45, 7) is 0.965. The van der Waals surface area contributed by atoms with Crippen molar-refractivity contribution >= 4 is 16.9 Å². The maximum absolute atomic E-state index is 11.8. The maximum Gasteiger partial charge on any atom is 0.251 e. The van der Waals surface area contributed by atoms with E-state index < -0.39 is 0 Å². The van der Waals surface area contributed by atoms with Gasteiger partial charge < -0.3 is 16.0 Å². The Hall–Kier alpha value is -2.14. The summed E-state index contributed by atoms with van der Waals surface area (Å²) in [4.78, 5) is 18.8. The van der Waals surface area contributed by atoms with Crippen LogP contribution < -0.4 is 11.1 Å². The van der Waals surface area contributed by atoms with E-state index >= 15 is 0 Å². The third kappa shape index (κ3) is 2.70. The van der Waals surface area contributed by atoms with Gasteiger partial charge in [0.15, 0.2) is 0 Å². The van der Waals surface area contributed by atoms with Gasteiger partial charge in [-0.1, -0.05) is 12.2 Å². The molecule has 0 atom stereocenters. The lowest BCUT2D eigenvalue weighted by Crippen LogP contribution is -2.23. The lowest BCUT2D eigenvalue weighted by molar-refractivity contribution is 0.0958. The van der Waals surface area contributed by atoms with Crippen LogP contribution in [0.1, 0.15) is 10.4 Å². The minimum absolute atomic E-state index is 0.108. The molecule has 1 amide bonds. The van der Waals surface area contributed by atoms with Gasteiger partial charge in [-0.05, 0) is 18.2 Å². The van der Waals surface area contributed by atoms with Crippen LogP contribution in [0, 0.1) is 0 Å². The summed E-state index contributed by atoms with van der Waals surface area (Å²) in [6, 6.07) is 5.35. The number of imidazole rings is 1. The second-order valence-electron chi connectivity index (χ2n) is 3.55. The van der Waals surface area contributed by atoms with E-state index in [0.717, 1.165) is 11.0 Å². The van der Waals surface area contributed by atoms with E-state index in [2.05, 4.69) is 15.3 Å². The van der Waals surface area contributed by atoms with Gasteiger partial charge in [0.25, 0.3) is 5.91 Å². The van der Waals surface area contributed by atoms with Crippen LogP contribution >= 0.6 is 0 Å². The average Bonchev–Trinajstić information content (AvgIpc) is 2.81. The number of carbonyl (C=O) groups excluding carboxylic acids is 1. The largest absolute Gasteiger partial charge is 0.349 e. The molecule has 0 saturated carbocycles. The third-order valence-electron chi connectivity index (χ3n) is 2.37. The Balaban J connectivity index is 2.05. The molecule has 1 heterocycles. The minimum atomic E-state index is -0.108. The molecule has 0 radical (unpaired) electrons. The van der Waals surface area contributed by atoms with E-state index in [1.807, 2.05) is 12.1 Å². The summed E-state index contributed by atoms with van der Waals surface area (Å²) in [6.07, 6.45) is 5.24. The predicted octanol–water partition coefficient (Wildman–Crippen LogP) is 0.808. The summed E-state index contributed by atoms with van der Waals surface area (Å²) < 4.78 is 0. The van der Waals surface area contributed by atoms with Crippen LogP contribution in [0.2, 0.25) is 0 Å². The number of aromatic amines is 1. The number of amides is 1. The SMILES string of the molecule is NC/C=C/CNC(=O)c1ccc2nc[nH]c2c1. The fraction of sp³-hybridized carbons (Fsp3) is 0.167. The first kappa shape index (κ1) is 11.3. The van der Waals surface area contributed by atoms with E-state index in [9.17, 15) is 4.79 Å². The first-order chi connectivity index (χ1) is 8.31. The molecule has 0 fully saturated rings. The van der Waals surface area contributed by atoms with E-state index in [4.69, 9.17) is 5.73 Å². The van der Waals surface area contributed by atoms with Crippen LogP contribution in [0.15, 0.2) is 36.7 Å². The average molecular weight is 230 g/mol. The summed E-state index contributed by atoms with van der Waals surface area (Å²) in [7, 11) is 0. The third-order valence-corrected chi connectivity index (χ3v) is 2.37. The van der Waals surface area contributed by atoms with E-state index in [0.29, 0.717) is 18.7 Å². The highest BCUT2D eigenvalue weighted by Crippen LogP contribution is 2.11. The van der Waals surface area contributed by atoms with Crippen molar-refractivity contribution in [3.05, 3.63) is 42.2 Å². The molecule has 4 N–H and O–H groups in total. The fourth-order valence-electron chi connectivity index (χ4n) is 1.51. The van der Waals surface area contributed by atoms with Crippen LogP contribution in [0.25, 0.3) is 11.0 Å². The van der Waals surface area contributed by atoms with Gasteiger partial charge in [-0.15, -0.1) is 0 Å². The molecule has 17 heavy (non-hydrogen) atoms. The Morgan fingerprint density at radius 1 is 1.47 bits per heavy atom. The second kappa shape index (κ2) is 5.27. The number of H-pyrrole nitrogens is 1. The zero-order valence-corrected chi connectivity index (χ0v) is 9.31. The van der Waals surface area contributed by atoms with E-state index in [-0.39, 0.29) is 5.91 Å². The molecule has 5 nitrogen and oxygen atoms in total. The molecule has 0 unspecified atom stereocenters. The number of hydrogen-bond acceptors (Lipinski definition) is 3. The number of hydrogen-bond donors (Lipinski definition) is 3. The molecule has 0 bridgehead atoms. The molecule has 88 valence electrons. The number of nitrogens with two attached hydrogens (primary N) is 1. The zero-order chi connectivity index (χ0) is 12.1. The fourth-order valence-corrected chi connectivity index (χ4v) is 1.51. The molecule has 0 saturated heterocycles. The predicted molar refractivity (Wildman–Crippen MR) is 66.6 cm³/mol. The highest BCUT2D eigenvalue weighted by Gasteiger charge is 2.05. The van der Waals surface area contributed by atoms with E-state index in [1.165, 1.54) is 0 Å². The lowest BCUT2D eigenvalue weighted by Gasteiger charge is -2.02. The van der Waals surface area contributed by atoms with Gasteiger partial charge >= 0.3 is 0 Å². The Labute approximate surface area is 98.7 Å². The van der Waals surface area contributed by atoms with Crippen LogP contribution in [0.5, 0.6) is 0 Å². The van der Waals surface area contributed by atoms with Crippen molar-refractivity contribution in [2.24, 2.45) is 5.73 Å². The van der Waals surface area contributed by atoms with Crippen molar-refractivity contribution in [2.75, 3.05) is 13.1 Å². The van der Waals surface area contributed by atoms with Crippen LogP contribution in [-0.2, 0) is 0 Å². The molecule has 1 aromatic heterocycles. The van der Waals surface area contributed by atoms with Crippen molar-refractivity contribution in [3.63, 3.8) is 0 Å². The van der Waals surface area contributed by atoms with Crippen molar-refractivity contribution in [2.45, 2.75) is 0 Å². The summed E-state index contributed by atoms with van der Waals surface area (Å²) in [5.41, 5.74) is 7.62. The van der Waals surface area contributed by atoms with Crippen LogP contribution in [-0.4, -0.2) is 29.0 Å². The normalized spacial score (nSPS) is 11.1. The molecule has 0 aliphatic rings. The first-order valence-electron chi connectivity index (χ1n) is 5.37. The van der Waals surface area contributed by atoms with Crippen LogP contribution in [0.3, 0.4) is 0 Å². The zero-order valence-electron chi connectivity index (χ0n) is 9.31. The van der Waals surface area contributed by atoms with E-state index in [1.54, 1.807) is 24.5 Å². The van der Waals surface area contributed by atoms with Gasteiger partial charge in [-0.2, -0.15) is 0 Å². The van der Waals surface area contributed by atoms with Crippen molar-refractivity contribution < 1.29 is 4.79 Å². The van der Waals surface area contributed by atoms with Crippen molar-refractivity contribution in [1.29, 1.82) is 0 Å². The Bertz CT molecular complexity index is 544. The standard InChI is InChI=1S/C12H14N4O/c13-5-1-2-6-14-12(17)9-3-4-10-11(7-9)16-8-15-10/h1-4,7-8H,5-6,13H2,(H,14,17)(H,15,16)/b2-1+. The molecule has 5 heteroatoms. The molecule has 1 aromatic carbocycles. The highest BCUT2D eigenvalue weighted by molar-refractivity contribution is 5.97. The van der Waals surface area contributed by atoms with Gasteiger partial charge in [0.1, 0.15) is 0 Å². The number of rotatable bonds is 4. The number of nitrogens with zero attached hydrogens (tertiary/aromatic N) is 1. The van der Waals surface area contributed by atoms with Gasteiger partial charge in [0.05, 0.1) is 17.4 Å². The van der Waals surface area contributed by atoms with Gasteiger partial charge in [-0.25, -0.2) is 4.98 Å². The number of aromatic nitrogens is 2. The maximum atomic E-state index is 11.8. The summed E-state index contributed by atoms with van der Waals surface area (Å²) >= 11 is 0. The smallest absolute Gasteiger partial charge is 0.251 e. The Morgan fingerprint density at radius 3 is 3.18 bits per heavy atom. The number of nitrogens with one attached hydrogen (secondary N) is 2. The van der Waals surface area contributed by atoms with Gasteiger partial charge in [0, 0.05) is 18.7 Å². The van der Waals surface area contributed by atoms with Crippen LogP contribution in [0.4, 0.5) is 0 Å². The highest BCUT2D eigenvalue weighted by atomic mass is 16.1. The van der Waals surface area contributed by atoms with Crippen molar-refractivity contribution in [1.82, 2.24) is 15.3 Å². The topological polar surface area (TPSA) is 83.8 Å². The minimum Gasteiger partial charge on any atom is -0.349 e. The monoisotopic (exact) mass is 230 g/mol. The second-order valence-corrected chi connectivity index (χ2v) is 3.55. The lowest BCUT2D eigenvalue weighted by atomic mass is 10.2. The molecular weight excluding hydrogens is 216 g/mol. The molecule has 0 spiro atoms. The van der Waals surface area contributed by atoms with Crippen molar-refractivity contribution in [3.8, 4) is 0 Å². The number of benzene rings is 1. The Morgan fingerprint density at radius 2 is 2.35 bits per heavy atom.